The van der Waals surface area contributed by atoms with Gasteiger partial charge in [0.2, 0.25) is 0 Å². The Balaban J connectivity index is 1.88. The quantitative estimate of drug-likeness (QED) is 0.754. The lowest BCUT2D eigenvalue weighted by Gasteiger charge is -2.24. The van der Waals surface area contributed by atoms with Crippen LogP contribution in [0, 0.1) is 11.3 Å². The molecule has 0 N–H and O–H groups in total. The van der Waals surface area contributed by atoms with Crippen LogP contribution in [0.5, 0.6) is 0 Å². The fourth-order valence-corrected chi connectivity index (χ4v) is 3.25. The van der Waals surface area contributed by atoms with Crippen LogP contribution in [0.15, 0.2) is 24.3 Å². The second-order valence-electron chi connectivity index (χ2n) is 6.29. The first kappa shape index (κ1) is 11.0. The van der Waals surface area contributed by atoms with Crippen molar-refractivity contribution in [3.63, 3.8) is 0 Å². The van der Waals surface area contributed by atoms with E-state index in [1.54, 1.807) is 0 Å². The van der Waals surface area contributed by atoms with Crippen LogP contribution >= 0.6 is 0 Å². The minimum absolute atomic E-state index is 0.187. The van der Waals surface area contributed by atoms with Crippen molar-refractivity contribution in [1.82, 2.24) is 0 Å². The van der Waals surface area contributed by atoms with E-state index in [0.717, 1.165) is 19.3 Å². The van der Waals surface area contributed by atoms with Crippen molar-refractivity contribution in [3.8, 4) is 0 Å². The third-order valence-electron chi connectivity index (χ3n) is 4.57. The number of carbonyl (C=O) groups excluding carboxylic acids is 1. The summed E-state index contributed by atoms with van der Waals surface area (Å²) in [5, 5.41) is 0. The van der Waals surface area contributed by atoms with Crippen molar-refractivity contribution < 1.29 is 4.79 Å². The molecule has 2 atom stereocenters. The Hall–Kier alpha value is -1.11. The number of ketones is 1. The highest BCUT2D eigenvalue weighted by molar-refractivity contribution is 5.91. The first-order valence-electron chi connectivity index (χ1n) is 6.71. The summed E-state index contributed by atoms with van der Waals surface area (Å²) >= 11 is 0. The van der Waals surface area contributed by atoms with E-state index in [9.17, 15) is 4.79 Å². The lowest BCUT2D eigenvalue weighted by molar-refractivity contribution is -0.122. The highest BCUT2D eigenvalue weighted by Crippen LogP contribution is 2.54. The molecule has 0 aliphatic heterocycles. The second-order valence-corrected chi connectivity index (χ2v) is 6.29. The Morgan fingerprint density at radius 1 is 1.29 bits per heavy atom. The van der Waals surface area contributed by atoms with Gasteiger partial charge in [0.25, 0.3) is 0 Å². The molecule has 0 radical (unpaired) electrons. The number of benzene rings is 1. The molecule has 0 spiro atoms. The molecule has 2 aliphatic carbocycles. The summed E-state index contributed by atoms with van der Waals surface area (Å²) in [4.78, 5) is 12.5. The van der Waals surface area contributed by atoms with Gasteiger partial charge in [-0.1, -0.05) is 38.1 Å². The zero-order valence-corrected chi connectivity index (χ0v) is 10.7. The molecular formula is C16H20O. The van der Waals surface area contributed by atoms with Crippen molar-refractivity contribution >= 4 is 5.78 Å². The highest BCUT2D eigenvalue weighted by atomic mass is 16.1. The molecule has 0 aromatic heterocycles. The van der Waals surface area contributed by atoms with E-state index < -0.39 is 0 Å². The molecule has 0 amide bonds. The number of hydrogen-bond acceptors (Lipinski definition) is 1. The van der Waals surface area contributed by atoms with Crippen LogP contribution in [0.1, 0.15) is 50.2 Å². The summed E-state index contributed by atoms with van der Waals surface area (Å²) in [6, 6.07) is 8.51. The Kier molecular flexibility index (Phi) is 2.39. The van der Waals surface area contributed by atoms with Gasteiger partial charge in [0.1, 0.15) is 5.78 Å². The standard InChI is InChI=1S/C16H20O/c1-16(2)10-14(16)15(17)13-9-5-7-11-6-3-4-8-12(11)13/h3-4,6,8,13-14H,5,7,9-10H2,1-2H3. The minimum atomic E-state index is 0.187. The number of fused-ring (bicyclic) bond motifs is 1. The number of aryl methyl sites for hydroxylation is 1. The van der Waals surface area contributed by atoms with Gasteiger partial charge in [0.15, 0.2) is 0 Å². The first-order chi connectivity index (χ1) is 8.09. The average molecular weight is 228 g/mol. The Morgan fingerprint density at radius 2 is 2.00 bits per heavy atom. The Bertz CT molecular complexity index is 458. The fourth-order valence-electron chi connectivity index (χ4n) is 3.25. The van der Waals surface area contributed by atoms with Gasteiger partial charge in [-0.25, -0.2) is 0 Å². The molecule has 2 unspecified atom stereocenters. The van der Waals surface area contributed by atoms with Gasteiger partial charge < -0.3 is 0 Å². The lowest BCUT2D eigenvalue weighted by atomic mass is 9.78. The molecule has 1 heteroatoms. The molecule has 2 aliphatic rings. The summed E-state index contributed by atoms with van der Waals surface area (Å²) in [7, 11) is 0. The average Bonchev–Trinajstić information content (AvgIpc) is 2.97. The molecule has 0 heterocycles. The third-order valence-corrected chi connectivity index (χ3v) is 4.57. The fraction of sp³-hybridized carbons (Fsp3) is 0.562. The van der Waals surface area contributed by atoms with Crippen LogP contribution in [0.25, 0.3) is 0 Å². The molecule has 1 saturated carbocycles. The Labute approximate surface area is 103 Å². The van der Waals surface area contributed by atoms with Crippen LogP contribution in [-0.2, 0) is 11.2 Å². The van der Waals surface area contributed by atoms with Crippen molar-refractivity contribution in [2.24, 2.45) is 11.3 Å². The SMILES string of the molecule is CC1(C)CC1C(=O)C1CCCc2ccccc21. The van der Waals surface area contributed by atoms with Gasteiger partial charge in [-0.15, -0.1) is 0 Å². The molecule has 17 heavy (non-hydrogen) atoms. The zero-order valence-electron chi connectivity index (χ0n) is 10.7. The third kappa shape index (κ3) is 1.82. The van der Waals surface area contributed by atoms with Crippen LogP contribution in [-0.4, -0.2) is 5.78 Å². The van der Waals surface area contributed by atoms with Crippen LogP contribution in [0.2, 0.25) is 0 Å². The minimum Gasteiger partial charge on any atom is -0.299 e. The normalized spacial score (nSPS) is 29.5. The molecule has 0 saturated heterocycles. The molecule has 1 aromatic carbocycles. The monoisotopic (exact) mass is 228 g/mol. The Morgan fingerprint density at radius 3 is 2.71 bits per heavy atom. The van der Waals surface area contributed by atoms with Gasteiger partial charge in [-0.05, 0) is 42.2 Å². The van der Waals surface area contributed by atoms with Crippen molar-refractivity contribution in [2.45, 2.75) is 45.4 Å². The smallest absolute Gasteiger partial charge is 0.143 e. The van der Waals surface area contributed by atoms with Gasteiger partial charge >= 0.3 is 0 Å². The molecule has 1 aromatic rings. The predicted octanol–water partition coefficient (Wildman–Crippen LogP) is 3.72. The van der Waals surface area contributed by atoms with E-state index in [1.165, 1.54) is 17.5 Å². The zero-order chi connectivity index (χ0) is 12.0. The molecule has 3 rings (SSSR count). The van der Waals surface area contributed by atoms with Gasteiger partial charge in [0.05, 0.1) is 0 Å². The van der Waals surface area contributed by atoms with E-state index in [4.69, 9.17) is 0 Å². The van der Waals surface area contributed by atoms with E-state index in [1.807, 2.05) is 0 Å². The van der Waals surface area contributed by atoms with E-state index >= 15 is 0 Å². The number of hydrogen-bond donors (Lipinski definition) is 0. The summed E-state index contributed by atoms with van der Waals surface area (Å²) in [5.74, 6) is 1.01. The maximum atomic E-state index is 12.5. The van der Waals surface area contributed by atoms with Gasteiger partial charge in [-0.2, -0.15) is 0 Å². The van der Waals surface area contributed by atoms with Gasteiger partial charge in [0, 0.05) is 11.8 Å². The lowest BCUT2D eigenvalue weighted by Crippen LogP contribution is -2.21. The van der Waals surface area contributed by atoms with Crippen molar-refractivity contribution in [1.29, 1.82) is 0 Å². The summed E-state index contributed by atoms with van der Waals surface area (Å²) in [6.45, 7) is 4.43. The van der Waals surface area contributed by atoms with Crippen molar-refractivity contribution in [3.05, 3.63) is 35.4 Å². The predicted molar refractivity (Wildman–Crippen MR) is 69.0 cm³/mol. The molecule has 0 bridgehead atoms. The molecular weight excluding hydrogens is 208 g/mol. The van der Waals surface area contributed by atoms with Crippen LogP contribution in [0.4, 0.5) is 0 Å². The van der Waals surface area contributed by atoms with E-state index in [2.05, 4.69) is 38.1 Å². The number of Topliss-reactive ketones (excluding diaryl/α,β-unsaturated/α-hetero) is 1. The van der Waals surface area contributed by atoms with E-state index in [-0.39, 0.29) is 11.3 Å². The van der Waals surface area contributed by atoms with Crippen molar-refractivity contribution in [2.75, 3.05) is 0 Å². The highest BCUT2D eigenvalue weighted by Gasteiger charge is 2.52. The van der Waals surface area contributed by atoms with Crippen LogP contribution in [0.3, 0.4) is 0 Å². The maximum Gasteiger partial charge on any atom is 0.143 e. The second kappa shape index (κ2) is 3.69. The topological polar surface area (TPSA) is 17.1 Å². The molecule has 90 valence electrons. The van der Waals surface area contributed by atoms with Crippen LogP contribution < -0.4 is 0 Å². The summed E-state index contributed by atoms with van der Waals surface area (Å²) < 4.78 is 0. The molecule has 1 nitrogen and oxygen atoms in total. The first-order valence-corrected chi connectivity index (χ1v) is 6.71. The van der Waals surface area contributed by atoms with Gasteiger partial charge in [-0.3, -0.25) is 4.79 Å². The summed E-state index contributed by atoms with van der Waals surface area (Å²) in [6.07, 6.45) is 4.46. The molecule has 1 fully saturated rings. The van der Waals surface area contributed by atoms with E-state index in [0.29, 0.717) is 11.7 Å². The number of carbonyl (C=O) groups is 1. The number of rotatable bonds is 2. The largest absolute Gasteiger partial charge is 0.299 e. The summed E-state index contributed by atoms with van der Waals surface area (Å²) in [5.41, 5.74) is 2.98. The maximum absolute atomic E-state index is 12.5.